The summed E-state index contributed by atoms with van der Waals surface area (Å²) >= 11 is 0. The van der Waals surface area contributed by atoms with Gasteiger partial charge in [0.1, 0.15) is 0 Å². The topological polar surface area (TPSA) is 64.3 Å². The Morgan fingerprint density at radius 1 is 1.33 bits per heavy atom. The van der Waals surface area contributed by atoms with Crippen LogP contribution in [-0.4, -0.2) is 23.1 Å². The number of rotatable bonds is 4. The van der Waals surface area contributed by atoms with E-state index in [0.29, 0.717) is 12.5 Å². The van der Waals surface area contributed by atoms with Crippen molar-refractivity contribution >= 4 is 11.5 Å². The van der Waals surface area contributed by atoms with Crippen LogP contribution in [0.5, 0.6) is 5.88 Å². The van der Waals surface area contributed by atoms with Gasteiger partial charge in [-0.2, -0.15) is 4.98 Å². The molecule has 110 valence electrons. The molecule has 0 spiro atoms. The molecule has 0 unspecified atom stereocenters. The molecule has 2 heterocycles. The first-order valence-corrected chi connectivity index (χ1v) is 7.34. The predicted molar refractivity (Wildman–Crippen MR) is 83.4 cm³/mol. The molecule has 2 aromatic rings. The SMILES string of the molecule is CCCOc1cncc(N2CCc3c(N)cccc3C2)n1. The van der Waals surface area contributed by atoms with Gasteiger partial charge in [-0.25, -0.2) is 0 Å². The lowest BCUT2D eigenvalue weighted by molar-refractivity contribution is 0.304. The number of nitrogen functional groups attached to an aromatic ring is 1. The van der Waals surface area contributed by atoms with Gasteiger partial charge < -0.3 is 15.4 Å². The van der Waals surface area contributed by atoms with Gasteiger partial charge in [-0.05, 0) is 30.0 Å². The van der Waals surface area contributed by atoms with E-state index in [9.17, 15) is 0 Å². The highest BCUT2D eigenvalue weighted by molar-refractivity contribution is 5.55. The maximum atomic E-state index is 6.04. The normalized spacial score (nSPS) is 13.9. The molecule has 0 aliphatic carbocycles. The second-order valence-corrected chi connectivity index (χ2v) is 5.22. The van der Waals surface area contributed by atoms with Gasteiger partial charge in [0.2, 0.25) is 5.88 Å². The first-order chi connectivity index (χ1) is 10.3. The molecule has 1 aromatic heterocycles. The fourth-order valence-corrected chi connectivity index (χ4v) is 2.60. The zero-order valence-electron chi connectivity index (χ0n) is 12.2. The molecule has 5 nitrogen and oxygen atoms in total. The summed E-state index contributed by atoms with van der Waals surface area (Å²) in [6.07, 6.45) is 5.34. The Morgan fingerprint density at radius 2 is 2.24 bits per heavy atom. The molecule has 5 heteroatoms. The fraction of sp³-hybridized carbons (Fsp3) is 0.375. The molecule has 0 saturated carbocycles. The van der Waals surface area contributed by atoms with E-state index in [4.69, 9.17) is 10.5 Å². The average Bonchev–Trinajstić information content (AvgIpc) is 2.53. The van der Waals surface area contributed by atoms with Gasteiger partial charge in [-0.15, -0.1) is 0 Å². The van der Waals surface area contributed by atoms with Crippen LogP contribution in [-0.2, 0) is 13.0 Å². The zero-order chi connectivity index (χ0) is 14.7. The van der Waals surface area contributed by atoms with E-state index in [2.05, 4.69) is 27.9 Å². The maximum absolute atomic E-state index is 6.04. The Labute approximate surface area is 124 Å². The third kappa shape index (κ3) is 2.91. The van der Waals surface area contributed by atoms with Gasteiger partial charge in [-0.1, -0.05) is 19.1 Å². The molecule has 1 aliphatic rings. The zero-order valence-corrected chi connectivity index (χ0v) is 12.2. The Morgan fingerprint density at radius 3 is 3.10 bits per heavy atom. The van der Waals surface area contributed by atoms with Gasteiger partial charge in [0.25, 0.3) is 0 Å². The molecular formula is C16H20N4O. The van der Waals surface area contributed by atoms with E-state index in [0.717, 1.165) is 37.4 Å². The molecule has 0 fully saturated rings. The predicted octanol–water partition coefficient (Wildman–Crippen LogP) is 2.41. The van der Waals surface area contributed by atoms with Crippen LogP contribution in [0.25, 0.3) is 0 Å². The van der Waals surface area contributed by atoms with Gasteiger partial charge in [-0.3, -0.25) is 4.98 Å². The van der Waals surface area contributed by atoms with E-state index >= 15 is 0 Å². The Hall–Kier alpha value is -2.30. The smallest absolute Gasteiger partial charge is 0.234 e. The molecule has 0 saturated heterocycles. The molecule has 2 N–H and O–H groups in total. The Balaban J connectivity index is 1.79. The standard InChI is InChI=1S/C16H20N4O/c1-2-8-21-16-10-18-9-15(19-16)20-7-6-13-12(11-20)4-3-5-14(13)17/h3-5,9-10H,2,6-8,11,17H2,1H3. The lowest BCUT2D eigenvalue weighted by Crippen LogP contribution is -2.31. The molecular weight excluding hydrogens is 264 g/mol. The summed E-state index contributed by atoms with van der Waals surface area (Å²) in [6.45, 7) is 4.44. The molecule has 0 amide bonds. The number of fused-ring (bicyclic) bond motifs is 1. The molecule has 3 rings (SSSR count). The summed E-state index contributed by atoms with van der Waals surface area (Å²) in [6, 6.07) is 6.10. The van der Waals surface area contributed by atoms with E-state index < -0.39 is 0 Å². The molecule has 0 atom stereocenters. The summed E-state index contributed by atoms with van der Waals surface area (Å²) < 4.78 is 5.55. The fourth-order valence-electron chi connectivity index (χ4n) is 2.60. The third-order valence-corrected chi connectivity index (χ3v) is 3.68. The summed E-state index contributed by atoms with van der Waals surface area (Å²) in [5.74, 6) is 1.45. The van der Waals surface area contributed by atoms with Crippen molar-refractivity contribution in [3.05, 3.63) is 41.7 Å². The second kappa shape index (κ2) is 5.99. The van der Waals surface area contributed by atoms with Crippen LogP contribution in [0, 0.1) is 0 Å². The minimum Gasteiger partial charge on any atom is -0.477 e. The van der Waals surface area contributed by atoms with E-state index in [-0.39, 0.29) is 0 Å². The van der Waals surface area contributed by atoms with E-state index in [1.165, 1.54) is 11.1 Å². The quantitative estimate of drug-likeness (QED) is 0.873. The largest absolute Gasteiger partial charge is 0.477 e. The van der Waals surface area contributed by atoms with Crippen LogP contribution >= 0.6 is 0 Å². The minimum absolute atomic E-state index is 0.590. The number of aromatic nitrogens is 2. The lowest BCUT2D eigenvalue weighted by Gasteiger charge is -2.30. The van der Waals surface area contributed by atoms with E-state index in [1.54, 1.807) is 12.4 Å². The first-order valence-electron chi connectivity index (χ1n) is 7.34. The molecule has 1 aliphatic heterocycles. The number of benzene rings is 1. The van der Waals surface area contributed by atoms with Crippen molar-refractivity contribution in [2.45, 2.75) is 26.3 Å². The third-order valence-electron chi connectivity index (χ3n) is 3.68. The minimum atomic E-state index is 0.590. The molecule has 21 heavy (non-hydrogen) atoms. The summed E-state index contributed by atoms with van der Waals surface area (Å²) in [5.41, 5.74) is 9.46. The summed E-state index contributed by atoms with van der Waals surface area (Å²) in [4.78, 5) is 11.0. The second-order valence-electron chi connectivity index (χ2n) is 5.22. The van der Waals surface area contributed by atoms with Crippen molar-refractivity contribution in [1.82, 2.24) is 9.97 Å². The molecule has 0 radical (unpaired) electrons. The monoisotopic (exact) mass is 284 g/mol. The van der Waals surface area contributed by atoms with Crippen LogP contribution in [0.4, 0.5) is 11.5 Å². The Kier molecular flexibility index (Phi) is 3.90. The summed E-state index contributed by atoms with van der Waals surface area (Å²) in [5, 5.41) is 0. The van der Waals surface area contributed by atoms with Crippen LogP contribution in [0.3, 0.4) is 0 Å². The highest BCUT2D eigenvalue weighted by atomic mass is 16.5. The average molecular weight is 284 g/mol. The van der Waals surface area contributed by atoms with Gasteiger partial charge >= 0.3 is 0 Å². The van der Waals surface area contributed by atoms with Crippen molar-refractivity contribution in [2.75, 3.05) is 23.8 Å². The maximum Gasteiger partial charge on any atom is 0.234 e. The highest BCUT2D eigenvalue weighted by Gasteiger charge is 2.19. The highest BCUT2D eigenvalue weighted by Crippen LogP contribution is 2.27. The van der Waals surface area contributed by atoms with Crippen LogP contribution in [0.2, 0.25) is 0 Å². The van der Waals surface area contributed by atoms with Crippen LogP contribution in [0.1, 0.15) is 24.5 Å². The van der Waals surface area contributed by atoms with Crippen molar-refractivity contribution in [3.63, 3.8) is 0 Å². The van der Waals surface area contributed by atoms with Crippen LogP contribution < -0.4 is 15.4 Å². The van der Waals surface area contributed by atoms with Gasteiger partial charge in [0.15, 0.2) is 5.82 Å². The number of hydrogen-bond donors (Lipinski definition) is 1. The molecule has 0 bridgehead atoms. The number of anilines is 2. The molecule has 1 aromatic carbocycles. The van der Waals surface area contributed by atoms with Crippen LogP contribution in [0.15, 0.2) is 30.6 Å². The van der Waals surface area contributed by atoms with Crippen molar-refractivity contribution < 1.29 is 4.74 Å². The first kappa shape index (κ1) is 13.7. The van der Waals surface area contributed by atoms with E-state index in [1.807, 2.05) is 12.1 Å². The number of hydrogen-bond acceptors (Lipinski definition) is 5. The Bertz CT molecular complexity index is 629. The van der Waals surface area contributed by atoms with Crippen molar-refractivity contribution in [3.8, 4) is 5.88 Å². The lowest BCUT2D eigenvalue weighted by atomic mass is 9.98. The van der Waals surface area contributed by atoms with Gasteiger partial charge in [0, 0.05) is 18.8 Å². The summed E-state index contributed by atoms with van der Waals surface area (Å²) in [7, 11) is 0. The number of ether oxygens (including phenoxy) is 1. The van der Waals surface area contributed by atoms with Crippen molar-refractivity contribution in [1.29, 1.82) is 0 Å². The number of nitrogens with two attached hydrogens (primary N) is 1. The van der Waals surface area contributed by atoms with Crippen molar-refractivity contribution in [2.24, 2.45) is 0 Å². The number of nitrogens with zero attached hydrogens (tertiary/aromatic N) is 3. The van der Waals surface area contributed by atoms with Gasteiger partial charge in [0.05, 0.1) is 19.0 Å².